The first-order valence-electron chi connectivity index (χ1n) is 6.40. The van der Waals surface area contributed by atoms with E-state index in [1.807, 2.05) is 0 Å². The number of benzene rings is 1. The van der Waals surface area contributed by atoms with Crippen molar-refractivity contribution in [1.82, 2.24) is 0 Å². The molecule has 1 aliphatic rings. The lowest BCUT2D eigenvalue weighted by molar-refractivity contribution is 0.904. The van der Waals surface area contributed by atoms with E-state index < -0.39 is 0 Å². The third-order valence-corrected chi connectivity index (χ3v) is 4.66. The van der Waals surface area contributed by atoms with Gasteiger partial charge in [-0.25, -0.2) is 0 Å². The molecule has 0 radical (unpaired) electrons. The Labute approximate surface area is 105 Å². The Bertz CT molecular complexity index is 521. The quantitative estimate of drug-likeness (QED) is 0.689. The molecule has 0 aromatic heterocycles. The number of hydrogen-bond donors (Lipinski definition) is 1. The molecule has 1 N–H and O–H groups in total. The molecule has 0 saturated heterocycles. The van der Waals surface area contributed by atoms with Gasteiger partial charge in [-0.3, -0.25) is 0 Å². The first-order valence-corrected chi connectivity index (χ1v) is 6.40. The average molecular weight is 229 g/mol. The highest BCUT2D eigenvalue weighted by Gasteiger charge is 2.23. The van der Waals surface area contributed by atoms with Gasteiger partial charge in [0.2, 0.25) is 0 Å². The third kappa shape index (κ3) is 1.60. The Morgan fingerprint density at radius 1 is 0.765 bits per heavy atom. The van der Waals surface area contributed by atoms with Crippen molar-refractivity contribution in [2.45, 2.75) is 54.5 Å². The molecule has 1 atom stereocenters. The topological polar surface area (TPSA) is 12.0 Å². The molecule has 1 unspecified atom stereocenters. The van der Waals surface area contributed by atoms with Crippen LogP contribution in [0.25, 0.3) is 5.57 Å². The summed E-state index contributed by atoms with van der Waals surface area (Å²) in [5, 5.41) is 3.66. The lowest BCUT2D eigenvalue weighted by Crippen LogP contribution is -2.24. The van der Waals surface area contributed by atoms with E-state index in [0.29, 0.717) is 6.04 Å². The molecule has 1 aromatic rings. The van der Waals surface area contributed by atoms with Gasteiger partial charge in [0, 0.05) is 17.3 Å². The number of nitrogens with one attached hydrogen (secondary N) is 1. The summed E-state index contributed by atoms with van der Waals surface area (Å²) in [6.45, 7) is 15.7. The highest BCUT2D eigenvalue weighted by atomic mass is 14.9. The van der Waals surface area contributed by atoms with Crippen LogP contribution in [0.1, 0.15) is 48.6 Å². The van der Waals surface area contributed by atoms with E-state index in [4.69, 9.17) is 0 Å². The summed E-state index contributed by atoms with van der Waals surface area (Å²) >= 11 is 0. The van der Waals surface area contributed by atoms with Crippen LogP contribution < -0.4 is 5.32 Å². The van der Waals surface area contributed by atoms with E-state index in [9.17, 15) is 0 Å². The summed E-state index contributed by atoms with van der Waals surface area (Å²) in [6, 6.07) is 0.447. The Morgan fingerprint density at radius 2 is 1.29 bits per heavy atom. The Kier molecular flexibility index (Phi) is 2.81. The maximum Gasteiger partial charge on any atom is 0.0456 e. The SMILES string of the molecule is CC1=C(C)C(C)Nc2c(C)c(C)c(C)c(C)c21. The molecule has 1 heteroatoms. The molecule has 2 rings (SSSR count). The molecule has 1 aromatic carbocycles. The van der Waals surface area contributed by atoms with Crippen molar-refractivity contribution in [2.24, 2.45) is 0 Å². The molecule has 0 amide bonds. The Hall–Kier alpha value is -1.24. The molecule has 0 spiro atoms. The standard InChI is InChI=1S/C16H23N/c1-8-9(2)13(6)16-15(11(8)4)12(5)10(3)14(7)17-16/h14,17H,1-7H3. The van der Waals surface area contributed by atoms with Crippen LogP contribution >= 0.6 is 0 Å². The van der Waals surface area contributed by atoms with Crippen LogP contribution in [0.2, 0.25) is 0 Å². The predicted molar refractivity (Wildman–Crippen MR) is 76.7 cm³/mol. The zero-order valence-electron chi connectivity index (χ0n) is 12.1. The van der Waals surface area contributed by atoms with Crippen LogP contribution in [0.4, 0.5) is 5.69 Å². The minimum absolute atomic E-state index is 0.447. The first kappa shape index (κ1) is 12.2. The zero-order chi connectivity index (χ0) is 12.9. The van der Waals surface area contributed by atoms with Crippen LogP contribution in [0, 0.1) is 27.7 Å². The molecule has 1 heterocycles. The van der Waals surface area contributed by atoms with Gasteiger partial charge in [-0.15, -0.1) is 0 Å². The molecule has 0 aliphatic carbocycles. The lowest BCUT2D eigenvalue weighted by atomic mass is 9.84. The van der Waals surface area contributed by atoms with E-state index in [-0.39, 0.29) is 0 Å². The summed E-state index contributed by atoms with van der Waals surface area (Å²) in [7, 11) is 0. The van der Waals surface area contributed by atoms with Crippen LogP contribution in [0.15, 0.2) is 5.57 Å². The maximum atomic E-state index is 3.66. The van der Waals surface area contributed by atoms with Crippen molar-refractivity contribution >= 4 is 11.3 Å². The van der Waals surface area contributed by atoms with E-state index in [1.54, 1.807) is 0 Å². The second kappa shape index (κ2) is 3.90. The summed E-state index contributed by atoms with van der Waals surface area (Å²) in [5.74, 6) is 0. The smallest absolute Gasteiger partial charge is 0.0456 e. The third-order valence-electron chi connectivity index (χ3n) is 4.66. The molecule has 17 heavy (non-hydrogen) atoms. The molecule has 0 fully saturated rings. The number of fused-ring (bicyclic) bond motifs is 1. The molecular formula is C16H23N. The van der Waals surface area contributed by atoms with Gasteiger partial charge < -0.3 is 5.32 Å². The summed E-state index contributed by atoms with van der Waals surface area (Å²) < 4.78 is 0. The highest BCUT2D eigenvalue weighted by Crippen LogP contribution is 2.40. The Balaban J connectivity index is 2.85. The van der Waals surface area contributed by atoms with Crippen molar-refractivity contribution in [1.29, 1.82) is 0 Å². The number of rotatable bonds is 0. The fourth-order valence-electron chi connectivity index (χ4n) is 2.81. The van der Waals surface area contributed by atoms with E-state index in [0.717, 1.165) is 0 Å². The number of hydrogen-bond acceptors (Lipinski definition) is 1. The minimum atomic E-state index is 0.447. The molecule has 92 valence electrons. The number of anilines is 1. The maximum absolute atomic E-state index is 3.66. The molecule has 1 nitrogen and oxygen atoms in total. The fraction of sp³-hybridized carbons (Fsp3) is 0.500. The minimum Gasteiger partial charge on any atom is -0.378 e. The van der Waals surface area contributed by atoms with Gasteiger partial charge in [-0.2, -0.15) is 0 Å². The summed E-state index contributed by atoms with van der Waals surface area (Å²) in [5.41, 5.74) is 11.4. The van der Waals surface area contributed by atoms with Crippen molar-refractivity contribution in [3.8, 4) is 0 Å². The van der Waals surface area contributed by atoms with Crippen LogP contribution in [-0.2, 0) is 0 Å². The van der Waals surface area contributed by atoms with Gasteiger partial charge in [-0.1, -0.05) is 0 Å². The van der Waals surface area contributed by atoms with Crippen LogP contribution in [0.5, 0.6) is 0 Å². The normalized spacial score (nSPS) is 19.1. The van der Waals surface area contributed by atoms with E-state index in [2.05, 4.69) is 53.8 Å². The second-order valence-electron chi connectivity index (χ2n) is 5.42. The first-order chi connectivity index (χ1) is 7.86. The van der Waals surface area contributed by atoms with Crippen molar-refractivity contribution in [2.75, 3.05) is 5.32 Å². The highest BCUT2D eigenvalue weighted by molar-refractivity contribution is 5.86. The summed E-state index contributed by atoms with van der Waals surface area (Å²) in [6.07, 6.45) is 0. The monoisotopic (exact) mass is 229 g/mol. The Morgan fingerprint density at radius 3 is 1.88 bits per heavy atom. The average Bonchev–Trinajstić information content (AvgIpc) is 2.30. The van der Waals surface area contributed by atoms with Gasteiger partial charge in [0.05, 0.1) is 0 Å². The van der Waals surface area contributed by atoms with Crippen molar-refractivity contribution < 1.29 is 0 Å². The fourth-order valence-corrected chi connectivity index (χ4v) is 2.81. The van der Waals surface area contributed by atoms with Crippen LogP contribution in [-0.4, -0.2) is 6.04 Å². The van der Waals surface area contributed by atoms with E-state index >= 15 is 0 Å². The van der Waals surface area contributed by atoms with Crippen LogP contribution in [0.3, 0.4) is 0 Å². The van der Waals surface area contributed by atoms with Gasteiger partial charge >= 0.3 is 0 Å². The molecule has 1 aliphatic heterocycles. The second-order valence-corrected chi connectivity index (χ2v) is 5.42. The molecule has 0 saturated carbocycles. The zero-order valence-corrected chi connectivity index (χ0v) is 12.1. The van der Waals surface area contributed by atoms with Gasteiger partial charge in [0.1, 0.15) is 0 Å². The van der Waals surface area contributed by atoms with Crippen molar-refractivity contribution in [3.05, 3.63) is 33.4 Å². The van der Waals surface area contributed by atoms with Gasteiger partial charge in [0.25, 0.3) is 0 Å². The lowest BCUT2D eigenvalue weighted by Gasteiger charge is -2.31. The van der Waals surface area contributed by atoms with Gasteiger partial charge in [-0.05, 0) is 81.9 Å². The predicted octanol–water partition coefficient (Wildman–Crippen LogP) is 4.53. The molecular weight excluding hydrogens is 206 g/mol. The largest absolute Gasteiger partial charge is 0.378 e. The number of allylic oxidation sites excluding steroid dienone is 1. The summed E-state index contributed by atoms with van der Waals surface area (Å²) in [4.78, 5) is 0. The van der Waals surface area contributed by atoms with Crippen molar-refractivity contribution in [3.63, 3.8) is 0 Å². The molecule has 0 bridgehead atoms. The van der Waals surface area contributed by atoms with E-state index in [1.165, 1.54) is 44.7 Å². The van der Waals surface area contributed by atoms with Gasteiger partial charge in [0.15, 0.2) is 0 Å².